The molecule has 0 spiro atoms. The van der Waals surface area contributed by atoms with Crippen molar-refractivity contribution in [2.75, 3.05) is 26.3 Å². The molecule has 1 aliphatic rings. The fraction of sp³-hybridized carbons (Fsp3) is 0.750. The van der Waals surface area contributed by atoms with Crippen LogP contribution in [0.25, 0.3) is 0 Å². The van der Waals surface area contributed by atoms with Crippen molar-refractivity contribution in [3.63, 3.8) is 0 Å². The molecule has 0 radical (unpaired) electrons. The summed E-state index contributed by atoms with van der Waals surface area (Å²) in [6.45, 7) is 8.18. The van der Waals surface area contributed by atoms with Gasteiger partial charge in [0.25, 0.3) is 0 Å². The van der Waals surface area contributed by atoms with Crippen LogP contribution in [-0.4, -0.2) is 42.0 Å². The molecule has 0 aliphatic carbocycles. The zero-order valence-corrected chi connectivity index (χ0v) is 10.6. The first-order chi connectivity index (χ1) is 8.27. The number of imidazole rings is 1. The van der Waals surface area contributed by atoms with Crippen molar-refractivity contribution in [3.05, 3.63) is 18.2 Å². The van der Waals surface area contributed by atoms with Gasteiger partial charge >= 0.3 is 0 Å². The Morgan fingerprint density at radius 3 is 3.24 bits per heavy atom. The zero-order chi connectivity index (χ0) is 12.1. The van der Waals surface area contributed by atoms with Gasteiger partial charge in [-0.15, -0.1) is 0 Å². The summed E-state index contributed by atoms with van der Waals surface area (Å²) in [6, 6.07) is 0. The molecule has 1 fully saturated rings. The standard InChI is InChI=1S/C12H21N3O2/c1-10(2)16-6-4-15-9-14-7-11(15)12-8-13-3-5-17-12/h7,9-10,12-13H,3-6,8H2,1-2H3. The van der Waals surface area contributed by atoms with E-state index in [2.05, 4.69) is 14.9 Å². The lowest BCUT2D eigenvalue weighted by Gasteiger charge is -2.24. The molecular weight excluding hydrogens is 218 g/mol. The fourth-order valence-electron chi connectivity index (χ4n) is 1.93. The van der Waals surface area contributed by atoms with Gasteiger partial charge in [-0.1, -0.05) is 0 Å². The van der Waals surface area contributed by atoms with E-state index in [0.29, 0.717) is 6.61 Å². The predicted octanol–water partition coefficient (Wildman–Crippen LogP) is 0.969. The van der Waals surface area contributed by atoms with Crippen LogP contribution in [0.15, 0.2) is 12.5 Å². The Morgan fingerprint density at radius 2 is 2.53 bits per heavy atom. The second-order valence-electron chi connectivity index (χ2n) is 4.50. The molecule has 5 heteroatoms. The molecule has 2 heterocycles. The number of nitrogens with zero attached hydrogens (tertiary/aromatic N) is 2. The van der Waals surface area contributed by atoms with Crippen LogP contribution in [0, 0.1) is 0 Å². The third kappa shape index (κ3) is 3.52. The van der Waals surface area contributed by atoms with Gasteiger partial charge in [-0.05, 0) is 13.8 Å². The number of rotatable bonds is 5. The van der Waals surface area contributed by atoms with E-state index in [1.54, 1.807) is 0 Å². The van der Waals surface area contributed by atoms with Gasteiger partial charge in [0.15, 0.2) is 0 Å². The van der Waals surface area contributed by atoms with E-state index in [1.807, 2.05) is 26.4 Å². The summed E-state index contributed by atoms with van der Waals surface area (Å²) in [7, 11) is 0. The highest BCUT2D eigenvalue weighted by atomic mass is 16.5. The minimum atomic E-state index is 0.116. The van der Waals surface area contributed by atoms with Crippen molar-refractivity contribution >= 4 is 0 Å². The van der Waals surface area contributed by atoms with Gasteiger partial charge in [-0.25, -0.2) is 4.98 Å². The summed E-state index contributed by atoms with van der Waals surface area (Å²) in [6.07, 6.45) is 4.11. The van der Waals surface area contributed by atoms with Crippen LogP contribution >= 0.6 is 0 Å². The minimum Gasteiger partial charge on any atom is -0.377 e. The van der Waals surface area contributed by atoms with E-state index in [-0.39, 0.29) is 12.2 Å². The lowest BCUT2D eigenvalue weighted by molar-refractivity contribution is 0.0207. The topological polar surface area (TPSA) is 48.3 Å². The van der Waals surface area contributed by atoms with Crippen LogP contribution in [0.2, 0.25) is 0 Å². The number of nitrogens with one attached hydrogen (secondary N) is 1. The van der Waals surface area contributed by atoms with Crippen LogP contribution < -0.4 is 5.32 Å². The Hall–Kier alpha value is -0.910. The van der Waals surface area contributed by atoms with Gasteiger partial charge in [-0.3, -0.25) is 0 Å². The highest BCUT2D eigenvalue weighted by molar-refractivity contribution is 5.04. The molecule has 1 aliphatic heterocycles. The molecule has 1 aromatic heterocycles. The van der Waals surface area contributed by atoms with Gasteiger partial charge in [-0.2, -0.15) is 0 Å². The van der Waals surface area contributed by atoms with Crippen molar-refractivity contribution in [2.24, 2.45) is 0 Å². The average molecular weight is 239 g/mol. The molecule has 0 aromatic carbocycles. The average Bonchev–Trinajstić information content (AvgIpc) is 2.78. The van der Waals surface area contributed by atoms with Gasteiger partial charge in [0.05, 0.1) is 37.5 Å². The van der Waals surface area contributed by atoms with Crippen molar-refractivity contribution < 1.29 is 9.47 Å². The normalized spacial score (nSPS) is 21.0. The highest BCUT2D eigenvalue weighted by Crippen LogP contribution is 2.18. The van der Waals surface area contributed by atoms with E-state index in [4.69, 9.17) is 9.47 Å². The molecule has 1 aromatic rings. The number of hydrogen-bond donors (Lipinski definition) is 1. The molecule has 0 amide bonds. The van der Waals surface area contributed by atoms with E-state index < -0.39 is 0 Å². The van der Waals surface area contributed by atoms with E-state index in [1.165, 1.54) is 0 Å². The van der Waals surface area contributed by atoms with Crippen molar-refractivity contribution in [2.45, 2.75) is 32.6 Å². The number of morpholine rings is 1. The molecular formula is C12H21N3O2. The predicted molar refractivity (Wildman–Crippen MR) is 64.9 cm³/mol. The number of hydrogen-bond acceptors (Lipinski definition) is 4. The van der Waals surface area contributed by atoms with Crippen LogP contribution in [0.1, 0.15) is 25.6 Å². The van der Waals surface area contributed by atoms with Crippen molar-refractivity contribution in [1.82, 2.24) is 14.9 Å². The molecule has 96 valence electrons. The highest BCUT2D eigenvalue weighted by Gasteiger charge is 2.19. The Bertz CT molecular complexity index is 332. The molecule has 1 atom stereocenters. The van der Waals surface area contributed by atoms with Gasteiger partial charge < -0.3 is 19.4 Å². The monoisotopic (exact) mass is 239 g/mol. The third-order valence-electron chi connectivity index (χ3n) is 2.79. The molecule has 1 N–H and O–H groups in total. The van der Waals surface area contributed by atoms with Gasteiger partial charge in [0, 0.05) is 19.6 Å². The summed E-state index contributed by atoms with van der Waals surface area (Å²) in [5.41, 5.74) is 1.13. The largest absolute Gasteiger partial charge is 0.377 e. The second kappa shape index (κ2) is 6.14. The van der Waals surface area contributed by atoms with Crippen LogP contribution in [0.3, 0.4) is 0 Å². The third-order valence-corrected chi connectivity index (χ3v) is 2.79. The number of ether oxygens (including phenoxy) is 2. The Morgan fingerprint density at radius 1 is 1.65 bits per heavy atom. The SMILES string of the molecule is CC(C)OCCn1cncc1C1CNCCO1. The molecule has 2 rings (SSSR count). The molecule has 17 heavy (non-hydrogen) atoms. The van der Waals surface area contributed by atoms with Gasteiger partial charge in [0.2, 0.25) is 0 Å². The summed E-state index contributed by atoms with van der Waals surface area (Å²) in [5.74, 6) is 0. The van der Waals surface area contributed by atoms with E-state index in [9.17, 15) is 0 Å². The second-order valence-corrected chi connectivity index (χ2v) is 4.50. The van der Waals surface area contributed by atoms with Gasteiger partial charge in [0.1, 0.15) is 6.10 Å². The maximum Gasteiger partial charge on any atom is 0.111 e. The zero-order valence-electron chi connectivity index (χ0n) is 10.6. The smallest absolute Gasteiger partial charge is 0.111 e. The van der Waals surface area contributed by atoms with Crippen molar-refractivity contribution in [1.29, 1.82) is 0 Å². The Kier molecular flexibility index (Phi) is 4.53. The van der Waals surface area contributed by atoms with E-state index >= 15 is 0 Å². The van der Waals surface area contributed by atoms with Crippen LogP contribution in [0.5, 0.6) is 0 Å². The first kappa shape index (κ1) is 12.5. The van der Waals surface area contributed by atoms with E-state index in [0.717, 1.165) is 31.9 Å². The molecule has 1 saturated heterocycles. The molecule has 0 bridgehead atoms. The summed E-state index contributed by atoms with van der Waals surface area (Å²) in [4.78, 5) is 4.19. The fourth-order valence-corrected chi connectivity index (χ4v) is 1.93. The maximum absolute atomic E-state index is 5.73. The first-order valence-corrected chi connectivity index (χ1v) is 6.21. The maximum atomic E-state index is 5.73. The quantitative estimate of drug-likeness (QED) is 0.831. The van der Waals surface area contributed by atoms with Crippen LogP contribution in [0.4, 0.5) is 0 Å². The lowest BCUT2D eigenvalue weighted by atomic mass is 10.2. The molecule has 1 unspecified atom stereocenters. The van der Waals surface area contributed by atoms with Crippen molar-refractivity contribution in [3.8, 4) is 0 Å². The van der Waals surface area contributed by atoms with Crippen LogP contribution in [-0.2, 0) is 16.0 Å². The lowest BCUT2D eigenvalue weighted by Crippen LogP contribution is -2.34. The Balaban J connectivity index is 1.91. The molecule has 5 nitrogen and oxygen atoms in total. The summed E-state index contributed by atoms with van der Waals surface area (Å²) in [5, 5.41) is 3.33. The number of aromatic nitrogens is 2. The Labute approximate surface area is 102 Å². The summed E-state index contributed by atoms with van der Waals surface area (Å²) < 4.78 is 13.4. The first-order valence-electron chi connectivity index (χ1n) is 6.21. The molecule has 0 saturated carbocycles. The summed E-state index contributed by atoms with van der Waals surface area (Å²) >= 11 is 0. The minimum absolute atomic E-state index is 0.116.